The summed E-state index contributed by atoms with van der Waals surface area (Å²) in [4.78, 5) is 20.7. The van der Waals surface area contributed by atoms with E-state index in [0.29, 0.717) is 35.9 Å². The van der Waals surface area contributed by atoms with Crippen LogP contribution in [-0.2, 0) is 11.8 Å². The topological polar surface area (TPSA) is 102 Å². The summed E-state index contributed by atoms with van der Waals surface area (Å²) in [5.74, 6) is 1.10. The smallest absolute Gasteiger partial charge is 0.241 e. The molecule has 8 nitrogen and oxygen atoms in total. The number of rotatable bonds is 5. The minimum Gasteiger partial charge on any atom is -0.495 e. The maximum Gasteiger partial charge on any atom is 0.241 e. The summed E-state index contributed by atoms with van der Waals surface area (Å²) in [6, 6.07) is 9.35. The summed E-state index contributed by atoms with van der Waals surface area (Å²) >= 11 is 0. The fraction of sp³-hybridized carbons (Fsp3) is 0.333. The highest BCUT2D eigenvalue weighted by Gasteiger charge is 2.29. The SMILES string of the molecule is COc1ccc(-c2cc3ncn(C)c3c(OC(C)C3CNC(=O)C3)n2)cc1C#N. The average molecular weight is 391 g/mol. The van der Waals surface area contributed by atoms with Crippen molar-refractivity contribution in [3.05, 3.63) is 36.2 Å². The predicted molar refractivity (Wildman–Crippen MR) is 106 cm³/mol. The molecule has 29 heavy (non-hydrogen) atoms. The van der Waals surface area contributed by atoms with Gasteiger partial charge in [-0.25, -0.2) is 9.97 Å². The molecule has 0 aliphatic carbocycles. The second-order valence-electron chi connectivity index (χ2n) is 7.15. The van der Waals surface area contributed by atoms with Crippen molar-refractivity contribution in [1.82, 2.24) is 19.9 Å². The van der Waals surface area contributed by atoms with Crippen molar-refractivity contribution in [2.45, 2.75) is 19.4 Å². The molecule has 1 fully saturated rings. The van der Waals surface area contributed by atoms with Crippen molar-refractivity contribution >= 4 is 16.9 Å². The molecule has 4 rings (SSSR count). The van der Waals surface area contributed by atoms with Crippen molar-refractivity contribution in [3.63, 3.8) is 0 Å². The van der Waals surface area contributed by atoms with E-state index in [0.717, 1.165) is 16.6 Å². The van der Waals surface area contributed by atoms with Gasteiger partial charge in [0.1, 0.15) is 23.4 Å². The van der Waals surface area contributed by atoms with E-state index in [2.05, 4.69) is 16.4 Å². The summed E-state index contributed by atoms with van der Waals surface area (Å²) in [7, 11) is 3.42. The Labute approximate surface area is 168 Å². The standard InChI is InChI=1S/C21H21N5O3/c1-12(15-7-19(27)23-10-15)29-21-20-17(24-11-26(20)2)8-16(25-21)13-4-5-18(28-3)14(6-13)9-22/h4-6,8,11-12,15H,7,10H2,1-3H3,(H,23,27). The van der Waals surface area contributed by atoms with Gasteiger partial charge in [0.05, 0.1) is 30.2 Å². The van der Waals surface area contributed by atoms with Gasteiger partial charge in [0.15, 0.2) is 0 Å². The summed E-state index contributed by atoms with van der Waals surface area (Å²) in [6.07, 6.45) is 1.96. The van der Waals surface area contributed by atoms with Crippen molar-refractivity contribution in [3.8, 4) is 29.0 Å². The Hall–Kier alpha value is -3.60. The van der Waals surface area contributed by atoms with Crippen LogP contribution in [0.1, 0.15) is 18.9 Å². The lowest BCUT2D eigenvalue weighted by Crippen LogP contribution is -2.26. The zero-order valence-electron chi connectivity index (χ0n) is 16.5. The first-order chi connectivity index (χ1) is 14.0. The van der Waals surface area contributed by atoms with E-state index in [1.54, 1.807) is 18.5 Å². The molecule has 1 saturated heterocycles. The number of aromatic nitrogens is 3. The summed E-state index contributed by atoms with van der Waals surface area (Å²) in [5, 5.41) is 12.2. The number of benzene rings is 1. The first-order valence-electron chi connectivity index (χ1n) is 9.34. The highest BCUT2D eigenvalue weighted by molar-refractivity contribution is 5.85. The molecular formula is C21H21N5O3. The summed E-state index contributed by atoms with van der Waals surface area (Å²) in [5.41, 5.74) is 3.38. The first-order valence-corrected chi connectivity index (χ1v) is 9.34. The molecule has 0 saturated carbocycles. The van der Waals surface area contributed by atoms with Crippen LogP contribution in [0.5, 0.6) is 11.6 Å². The number of pyridine rings is 1. The van der Waals surface area contributed by atoms with E-state index in [4.69, 9.17) is 14.5 Å². The normalized spacial score (nSPS) is 17.0. The number of nitrogens with zero attached hydrogens (tertiary/aromatic N) is 4. The zero-order valence-corrected chi connectivity index (χ0v) is 16.5. The maximum absolute atomic E-state index is 11.6. The van der Waals surface area contributed by atoms with Crippen molar-refractivity contribution in [1.29, 1.82) is 5.26 Å². The van der Waals surface area contributed by atoms with Gasteiger partial charge in [0.2, 0.25) is 11.8 Å². The van der Waals surface area contributed by atoms with Gasteiger partial charge < -0.3 is 19.4 Å². The number of fused-ring (bicyclic) bond motifs is 1. The zero-order chi connectivity index (χ0) is 20.5. The molecule has 2 unspecified atom stereocenters. The Morgan fingerprint density at radius 1 is 1.38 bits per heavy atom. The van der Waals surface area contributed by atoms with Gasteiger partial charge in [-0.1, -0.05) is 0 Å². The van der Waals surface area contributed by atoms with E-state index < -0.39 is 0 Å². The van der Waals surface area contributed by atoms with Crippen LogP contribution in [0.4, 0.5) is 0 Å². The van der Waals surface area contributed by atoms with Gasteiger partial charge in [-0.3, -0.25) is 4.79 Å². The Morgan fingerprint density at radius 2 is 2.21 bits per heavy atom. The minimum absolute atomic E-state index is 0.0418. The van der Waals surface area contributed by atoms with Crippen LogP contribution in [0.3, 0.4) is 0 Å². The molecule has 0 spiro atoms. The molecule has 1 N–H and O–H groups in total. The van der Waals surface area contributed by atoms with E-state index in [-0.39, 0.29) is 17.9 Å². The number of hydrogen-bond acceptors (Lipinski definition) is 6. The molecular weight excluding hydrogens is 370 g/mol. The Kier molecular flexibility index (Phi) is 4.80. The number of ether oxygens (including phenoxy) is 2. The molecule has 0 bridgehead atoms. The van der Waals surface area contributed by atoms with Gasteiger partial charge in [-0.05, 0) is 31.2 Å². The first kappa shape index (κ1) is 18.7. The highest BCUT2D eigenvalue weighted by atomic mass is 16.5. The molecule has 1 aliphatic rings. The number of methoxy groups -OCH3 is 1. The van der Waals surface area contributed by atoms with Gasteiger partial charge in [0.25, 0.3) is 0 Å². The van der Waals surface area contributed by atoms with Crippen LogP contribution in [0, 0.1) is 17.2 Å². The lowest BCUT2D eigenvalue weighted by Gasteiger charge is -2.20. The fourth-order valence-electron chi connectivity index (χ4n) is 3.55. The van der Waals surface area contributed by atoms with Gasteiger partial charge >= 0.3 is 0 Å². The number of carbonyl (C=O) groups is 1. The third kappa shape index (κ3) is 3.47. The lowest BCUT2D eigenvalue weighted by molar-refractivity contribution is -0.119. The third-order valence-corrected chi connectivity index (χ3v) is 5.25. The summed E-state index contributed by atoms with van der Waals surface area (Å²) in [6.45, 7) is 2.54. The quantitative estimate of drug-likeness (QED) is 0.717. The largest absolute Gasteiger partial charge is 0.495 e. The Bertz CT molecular complexity index is 1130. The van der Waals surface area contributed by atoms with Crippen LogP contribution in [0.15, 0.2) is 30.6 Å². The molecule has 148 valence electrons. The lowest BCUT2D eigenvalue weighted by atomic mass is 10.0. The number of nitriles is 1. The Morgan fingerprint density at radius 3 is 2.90 bits per heavy atom. The van der Waals surface area contributed by atoms with Crippen LogP contribution >= 0.6 is 0 Å². The number of nitrogens with one attached hydrogen (secondary N) is 1. The molecule has 2 aromatic heterocycles. The van der Waals surface area contributed by atoms with E-state index in [1.807, 2.05) is 30.7 Å². The minimum atomic E-state index is -0.194. The third-order valence-electron chi connectivity index (χ3n) is 5.25. The molecule has 2 atom stereocenters. The van der Waals surface area contributed by atoms with E-state index >= 15 is 0 Å². The van der Waals surface area contributed by atoms with Crippen LogP contribution in [0.2, 0.25) is 0 Å². The van der Waals surface area contributed by atoms with Crippen LogP contribution in [0.25, 0.3) is 22.3 Å². The van der Waals surface area contributed by atoms with Crippen molar-refractivity contribution in [2.24, 2.45) is 13.0 Å². The molecule has 1 aliphatic heterocycles. The number of hydrogen-bond donors (Lipinski definition) is 1. The number of aryl methyl sites for hydroxylation is 1. The highest BCUT2D eigenvalue weighted by Crippen LogP contribution is 2.32. The molecule has 8 heteroatoms. The van der Waals surface area contributed by atoms with E-state index in [9.17, 15) is 10.1 Å². The number of amides is 1. The molecule has 1 amide bonds. The molecule has 3 heterocycles. The number of carbonyl (C=O) groups excluding carboxylic acids is 1. The molecule has 0 radical (unpaired) electrons. The summed E-state index contributed by atoms with van der Waals surface area (Å²) < 4.78 is 13.3. The van der Waals surface area contributed by atoms with Crippen molar-refractivity contribution in [2.75, 3.05) is 13.7 Å². The number of imidazole rings is 1. The second kappa shape index (κ2) is 7.43. The van der Waals surface area contributed by atoms with Gasteiger partial charge in [-0.2, -0.15) is 5.26 Å². The van der Waals surface area contributed by atoms with Crippen molar-refractivity contribution < 1.29 is 14.3 Å². The van der Waals surface area contributed by atoms with Gasteiger partial charge in [-0.15, -0.1) is 0 Å². The van der Waals surface area contributed by atoms with Gasteiger partial charge in [0, 0.05) is 31.5 Å². The average Bonchev–Trinajstić information content (AvgIpc) is 3.33. The van der Waals surface area contributed by atoms with Crippen LogP contribution < -0.4 is 14.8 Å². The monoisotopic (exact) mass is 391 g/mol. The Balaban J connectivity index is 1.75. The molecule has 3 aromatic rings. The molecule has 1 aromatic carbocycles. The fourth-order valence-corrected chi connectivity index (χ4v) is 3.55. The maximum atomic E-state index is 11.6. The predicted octanol–water partition coefficient (Wildman–Crippen LogP) is 2.42. The second-order valence-corrected chi connectivity index (χ2v) is 7.15. The van der Waals surface area contributed by atoms with Crippen LogP contribution in [-0.4, -0.2) is 40.2 Å². The van der Waals surface area contributed by atoms with E-state index in [1.165, 1.54) is 7.11 Å².